The molecule has 2 rings (SSSR count). The van der Waals surface area contributed by atoms with E-state index in [1.54, 1.807) is 19.1 Å². The highest BCUT2D eigenvalue weighted by Gasteiger charge is 2.40. The van der Waals surface area contributed by atoms with Gasteiger partial charge in [0.25, 0.3) is 0 Å². The van der Waals surface area contributed by atoms with Gasteiger partial charge in [0.1, 0.15) is 4.88 Å². The van der Waals surface area contributed by atoms with Crippen LogP contribution in [-0.2, 0) is 6.42 Å². The summed E-state index contributed by atoms with van der Waals surface area (Å²) in [6.45, 7) is 1.72. The standard InChI is InChI=1S/C22H31NO5S/c1-14(24)4-2-5-16(25)8-10-19-18(15(13-23)12-20(19)26)7-3-6-17-9-11-21(29-17)22(27)28/h8-11,14-16,18-20,24-26H,2-7,12H2,1H3,(H,27,28)/t14-,15+,16+,18+,19-,20-/m1/s1. The first kappa shape index (κ1) is 23.6. The number of nitriles is 1. The van der Waals surface area contributed by atoms with E-state index in [2.05, 4.69) is 6.07 Å². The largest absolute Gasteiger partial charge is 0.477 e. The quantitative estimate of drug-likeness (QED) is 0.406. The maximum atomic E-state index is 11.0. The highest BCUT2D eigenvalue weighted by Crippen LogP contribution is 2.41. The van der Waals surface area contributed by atoms with Gasteiger partial charge in [-0.15, -0.1) is 11.3 Å². The molecule has 1 aliphatic rings. The minimum Gasteiger partial charge on any atom is -0.477 e. The molecule has 29 heavy (non-hydrogen) atoms. The fourth-order valence-electron chi connectivity index (χ4n) is 4.07. The molecule has 0 bridgehead atoms. The number of aromatic carboxylic acids is 1. The van der Waals surface area contributed by atoms with Crippen LogP contribution in [-0.4, -0.2) is 44.7 Å². The topological polar surface area (TPSA) is 122 Å². The Morgan fingerprint density at radius 1 is 1.34 bits per heavy atom. The van der Waals surface area contributed by atoms with Crippen molar-refractivity contribution in [3.63, 3.8) is 0 Å². The molecule has 6 atom stereocenters. The van der Waals surface area contributed by atoms with E-state index in [1.165, 1.54) is 11.3 Å². The SMILES string of the molecule is C[C@@H](O)CCC[C@H](O)C=C[C@@H]1[C@@H](CCCc2ccc(C(=O)O)s2)[C@H](C#N)C[C@H]1O. The molecule has 160 valence electrons. The molecule has 1 aromatic heterocycles. The Morgan fingerprint density at radius 2 is 2.10 bits per heavy atom. The zero-order chi connectivity index (χ0) is 21.4. The molecule has 0 aromatic carbocycles. The molecule has 4 N–H and O–H groups in total. The second-order valence-electron chi connectivity index (χ2n) is 7.98. The summed E-state index contributed by atoms with van der Waals surface area (Å²) in [6, 6.07) is 5.77. The van der Waals surface area contributed by atoms with E-state index in [0.717, 1.165) is 30.6 Å². The fourth-order valence-corrected chi connectivity index (χ4v) is 4.96. The summed E-state index contributed by atoms with van der Waals surface area (Å²) in [7, 11) is 0. The lowest BCUT2D eigenvalue weighted by atomic mass is 9.84. The van der Waals surface area contributed by atoms with Crippen LogP contribution in [0.5, 0.6) is 0 Å². The summed E-state index contributed by atoms with van der Waals surface area (Å²) in [5.41, 5.74) is 0. The van der Waals surface area contributed by atoms with Crippen molar-refractivity contribution in [2.24, 2.45) is 17.8 Å². The number of aliphatic hydroxyl groups is 3. The number of hydrogen-bond acceptors (Lipinski definition) is 6. The Bertz CT molecular complexity index is 723. The second kappa shape index (κ2) is 11.5. The molecular formula is C22H31NO5S. The zero-order valence-electron chi connectivity index (χ0n) is 16.8. The number of carbonyl (C=O) groups is 1. The number of rotatable bonds is 11. The monoisotopic (exact) mass is 421 g/mol. The van der Waals surface area contributed by atoms with Crippen LogP contribution in [0.3, 0.4) is 0 Å². The number of thiophene rings is 1. The molecule has 0 spiro atoms. The molecule has 1 aliphatic carbocycles. The second-order valence-corrected chi connectivity index (χ2v) is 9.14. The lowest BCUT2D eigenvalue weighted by Crippen LogP contribution is -2.19. The summed E-state index contributed by atoms with van der Waals surface area (Å²) in [5, 5.41) is 48.3. The molecule has 1 heterocycles. The van der Waals surface area contributed by atoms with E-state index < -0.39 is 18.2 Å². The molecule has 0 amide bonds. The Labute approximate surface area is 176 Å². The Balaban J connectivity index is 1.90. The Hall–Kier alpha value is -1.72. The van der Waals surface area contributed by atoms with E-state index in [1.807, 2.05) is 12.1 Å². The van der Waals surface area contributed by atoms with E-state index in [9.17, 15) is 25.4 Å². The lowest BCUT2D eigenvalue weighted by molar-refractivity contribution is 0.0702. The van der Waals surface area contributed by atoms with Crippen molar-refractivity contribution in [3.8, 4) is 6.07 Å². The van der Waals surface area contributed by atoms with Crippen LogP contribution in [0.2, 0.25) is 0 Å². The van der Waals surface area contributed by atoms with Crippen molar-refractivity contribution < 1.29 is 25.2 Å². The summed E-state index contributed by atoms with van der Waals surface area (Å²) in [5.74, 6) is -1.27. The normalized spacial score (nSPS) is 26.4. The number of aliphatic hydroxyl groups excluding tert-OH is 3. The minimum absolute atomic E-state index is 0.0230. The van der Waals surface area contributed by atoms with Crippen LogP contribution in [0.1, 0.15) is 60.0 Å². The number of nitrogens with zero attached hydrogens (tertiary/aromatic N) is 1. The first-order valence-electron chi connectivity index (χ1n) is 10.3. The number of carboxylic acid groups (broad SMARTS) is 1. The van der Waals surface area contributed by atoms with Crippen molar-refractivity contribution in [2.75, 3.05) is 0 Å². The molecule has 1 aromatic rings. The van der Waals surface area contributed by atoms with E-state index in [4.69, 9.17) is 5.11 Å². The third kappa shape index (κ3) is 7.23. The van der Waals surface area contributed by atoms with Crippen molar-refractivity contribution in [3.05, 3.63) is 34.0 Å². The van der Waals surface area contributed by atoms with Gasteiger partial charge in [-0.2, -0.15) is 5.26 Å². The third-order valence-corrected chi connectivity index (χ3v) is 6.76. The lowest BCUT2D eigenvalue weighted by Gasteiger charge is -2.20. The van der Waals surface area contributed by atoms with Crippen molar-refractivity contribution in [1.29, 1.82) is 5.26 Å². The molecule has 0 aliphatic heterocycles. The molecule has 6 nitrogen and oxygen atoms in total. The first-order chi connectivity index (χ1) is 13.8. The summed E-state index contributed by atoms with van der Waals surface area (Å²) < 4.78 is 0. The van der Waals surface area contributed by atoms with Gasteiger partial charge in [-0.25, -0.2) is 4.79 Å². The number of hydrogen-bond donors (Lipinski definition) is 4. The summed E-state index contributed by atoms with van der Waals surface area (Å²) in [4.78, 5) is 12.3. The fraction of sp³-hybridized carbons (Fsp3) is 0.636. The van der Waals surface area contributed by atoms with Crippen LogP contribution >= 0.6 is 11.3 Å². The van der Waals surface area contributed by atoms with Crippen molar-refractivity contribution >= 4 is 17.3 Å². The third-order valence-electron chi connectivity index (χ3n) is 5.63. The van der Waals surface area contributed by atoms with Crippen LogP contribution in [0.15, 0.2) is 24.3 Å². The van der Waals surface area contributed by atoms with Gasteiger partial charge in [0.15, 0.2) is 0 Å². The van der Waals surface area contributed by atoms with E-state index >= 15 is 0 Å². The van der Waals surface area contributed by atoms with Gasteiger partial charge in [0.2, 0.25) is 0 Å². The summed E-state index contributed by atoms with van der Waals surface area (Å²) >= 11 is 1.28. The molecule has 1 saturated carbocycles. The van der Waals surface area contributed by atoms with Crippen LogP contribution < -0.4 is 0 Å². The van der Waals surface area contributed by atoms with Gasteiger partial charge < -0.3 is 20.4 Å². The highest BCUT2D eigenvalue weighted by molar-refractivity contribution is 7.13. The number of carboxylic acids is 1. The molecule has 0 saturated heterocycles. The van der Waals surface area contributed by atoms with Gasteiger partial charge >= 0.3 is 5.97 Å². The van der Waals surface area contributed by atoms with Gasteiger partial charge in [0, 0.05) is 10.8 Å². The Kier molecular flexibility index (Phi) is 9.31. The van der Waals surface area contributed by atoms with E-state index in [0.29, 0.717) is 24.1 Å². The molecule has 0 unspecified atom stereocenters. The van der Waals surface area contributed by atoms with Gasteiger partial charge in [-0.05, 0) is 69.9 Å². The first-order valence-corrected chi connectivity index (χ1v) is 11.1. The number of aryl methyl sites for hydroxylation is 1. The molecule has 1 fully saturated rings. The molecular weight excluding hydrogens is 390 g/mol. The van der Waals surface area contributed by atoms with E-state index in [-0.39, 0.29) is 23.9 Å². The van der Waals surface area contributed by atoms with Crippen molar-refractivity contribution in [2.45, 2.75) is 70.2 Å². The average molecular weight is 422 g/mol. The molecule has 0 radical (unpaired) electrons. The predicted molar refractivity (Wildman–Crippen MR) is 112 cm³/mol. The Morgan fingerprint density at radius 3 is 2.72 bits per heavy atom. The maximum absolute atomic E-state index is 11.0. The van der Waals surface area contributed by atoms with Crippen molar-refractivity contribution in [1.82, 2.24) is 0 Å². The average Bonchev–Trinajstić information content (AvgIpc) is 3.25. The van der Waals surface area contributed by atoms with Gasteiger partial charge in [-0.1, -0.05) is 12.2 Å². The minimum atomic E-state index is -0.915. The van der Waals surface area contributed by atoms with Crippen LogP contribution in [0.4, 0.5) is 0 Å². The van der Waals surface area contributed by atoms with Crippen LogP contribution in [0.25, 0.3) is 0 Å². The van der Waals surface area contributed by atoms with Gasteiger partial charge in [-0.3, -0.25) is 0 Å². The molecule has 7 heteroatoms. The smallest absolute Gasteiger partial charge is 0.345 e. The van der Waals surface area contributed by atoms with Gasteiger partial charge in [0.05, 0.1) is 30.3 Å². The highest BCUT2D eigenvalue weighted by atomic mass is 32.1. The predicted octanol–water partition coefficient (Wildman–Crippen LogP) is 3.37. The summed E-state index contributed by atoms with van der Waals surface area (Å²) in [6.07, 6.45) is 6.67. The zero-order valence-corrected chi connectivity index (χ0v) is 17.6. The maximum Gasteiger partial charge on any atom is 0.345 e. The van der Waals surface area contributed by atoms with Crippen LogP contribution in [0, 0.1) is 29.1 Å².